The molecule has 1 aromatic heterocycles. The lowest BCUT2D eigenvalue weighted by molar-refractivity contribution is 0.0930. The lowest BCUT2D eigenvalue weighted by Gasteiger charge is -2.25. The number of hydrogen-bond donors (Lipinski definition) is 1. The smallest absolute Gasteiger partial charge is 0.253 e. The molecule has 1 unspecified atom stereocenters. The molecule has 0 fully saturated rings. The van der Waals surface area contributed by atoms with Crippen molar-refractivity contribution in [2.24, 2.45) is 0 Å². The first-order valence-corrected chi connectivity index (χ1v) is 8.75. The van der Waals surface area contributed by atoms with Gasteiger partial charge in [0.1, 0.15) is 0 Å². The summed E-state index contributed by atoms with van der Waals surface area (Å²) in [5, 5.41) is 5.17. The lowest BCUT2D eigenvalue weighted by Crippen LogP contribution is -2.42. The standard InChI is InChI=1S/C21H25N3O/c1-14(2)24(4)13-15(3)22-21(25)18-10-7-9-17-12-16-8-5-6-11-19(16)23-20(17)18/h5-12,14-15H,13H2,1-4H3,(H,22,25). The van der Waals surface area contributed by atoms with Crippen LogP contribution in [0.3, 0.4) is 0 Å². The van der Waals surface area contributed by atoms with Crippen LogP contribution >= 0.6 is 0 Å². The zero-order valence-electron chi connectivity index (χ0n) is 15.3. The van der Waals surface area contributed by atoms with Crippen LogP contribution in [0.4, 0.5) is 0 Å². The summed E-state index contributed by atoms with van der Waals surface area (Å²) in [4.78, 5) is 19.7. The van der Waals surface area contributed by atoms with Gasteiger partial charge < -0.3 is 10.2 Å². The number of benzene rings is 2. The average molecular weight is 335 g/mol. The van der Waals surface area contributed by atoms with Crippen LogP contribution in [-0.4, -0.2) is 41.5 Å². The van der Waals surface area contributed by atoms with Crippen molar-refractivity contribution >= 4 is 27.7 Å². The van der Waals surface area contributed by atoms with E-state index in [-0.39, 0.29) is 11.9 Å². The SMILES string of the molecule is CC(CN(C)C(C)C)NC(=O)c1cccc2cc3ccccc3nc12. The molecule has 3 rings (SSSR count). The second kappa shape index (κ2) is 7.19. The molecule has 1 N–H and O–H groups in total. The van der Waals surface area contributed by atoms with Crippen LogP contribution in [0.2, 0.25) is 0 Å². The van der Waals surface area contributed by atoms with E-state index in [4.69, 9.17) is 4.98 Å². The minimum atomic E-state index is -0.0713. The highest BCUT2D eigenvalue weighted by Gasteiger charge is 2.16. The Labute approximate surface area is 148 Å². The van der Waals surface area contributed by atoms with Gasteiger partial charge >= 0.3 is 0 Å². The van der Waals surface area contributed by atoms with Crippen molar-refractivity contribution in [2.45, 2.75) is 32.9 Å². The molecule has 0 saturated heterocycles. The maximum atomic E-state index is 12.8. The Kier molecular flexibility index (Phi) is 5.00. The predicted octanol–water partition coefficient (Wildman–Crippen LogP) is 3.85. The quantitative estimate of drug-likeness (QED) is 0.721. The van der Waals surface area contributed by atoms with Gasteiger partial charge in [-0.05, 0) is 46.0 Å². The molecule has 25 heavy (non-hydrogen) atoms. The van der Waals surface area contributed by atoms with Gasteiger partial charge in [-0.1, -0.05) is 30.3 Å². The van der Waals surface area contributed by atoms with Crippen LogP contribution in [0.1, 0.15) is 31.1 Å². The Morgan fingerprint density at radius 2 is 1.80 bits per heavy atom. The average Bonchev–Trinajstić information content (AvgIpc) is 2.59. The molecule has 130 valence electrons. The fourth-order valence-electron chi connectivity index (χ4n) is 2.98. The summed E-state index contributed by atoms with van der Waals surface area (Å²) in [6.07, 6.45) is 0. The van der Waals surface area contributed by atoms with Crippen molar-refractivity contribution in [3.63, 3.8) is 0 Å². The van der Waals surface area contributed by atoms with Gasteiger partial charge in [-0.3, -0.25) is 4.79 Å². The molecule has 1 heterocycles. The van der Waals surface area contributed by atoms with E-state index in [9.17, 15) is 4.79 Å². The van der Waals surface area contributed by atoms with Gasteiger partial charge in [0.05, 0.1) is 16.6 Å². The zero-order chi connectivity index (χ0) is 18.0. The molecule has 0 aliphatic carbocycles. The molecule has 0 bridgehead atoms. The molecule has 0 aliphatic rings. The first kappa shape index (κ1) is 17.4. The van der Waals surface area contributed by atoms with Crippen LogP contribution in [0, 0.1) is 0 Å². The number of nitrogens with one attached hydrogen (secondary N) is 1. The number of aromatic nitrogens is 1. The third-order valence-electron chi connectivity index (χ3n) is 4.61. The van der Waals surface area contributed by atoms with Crippen molar-refractivity contribution in [1.29, 1.82) is 0 Å². The molecule has 0 spiro atoms. The Morgan fingerprint density at radius 1 is 1.08 bits per heavy atom. The van der Waals surface area contributed by atoms with Crippen molar-refractivity contribution in [3.05, 3.63) is 54.1 Å². The Hall–Kier alpha value is -2.46. The van der Waals surface area contributed by atoms with E-state index in [1.165, 1.54) is 0 Å². The monoisotopic (exact) mass is 335 g/mol. The van der Waals surface area contributed by atoms with Crippen LogP contribution in [0.25, 0.3) is 21.8 Å². The summed E-state index contributed by atoms with van der Waals surface area (Å²) < 4.78 is 0. The molecule has 3 aromatic rings. The van der Waals surface area contributed by atoms with Gasteiger partial charge in [0.25, 0.3) is 5.91 Å². The maximum Gasteiger partial charge on any atom is 0.253 e. The second-order valence-corrected chi connectivity index (χ2v) is 6.97. The molecule has 1 amide bonds. The van der Waals surface area contributed by atoms with Gasteiger partial charge in [-0.25, -0.2) is 4.98 Å². The molecular weight excluding hydrogens is 310 g/mol. The molecule has 4 nitrogen and oxygen atoms in total. The van der Waals surface area contributed by atoms with E-state index in [0.29, 0.717) is 11.6 Å². The molecule has 1 atom stereocenters. The summed E-state index contributed by atoms with van der Waals surface area (Å²) >= 11 is 0. The molecule has 0 aliphatic heterocycles. The van der Waals surface area contributed by atoms with Gasteiger partial charge in [0, 0.05) is 29.4 Å². The Balaban J connectivity index is 1.89. The number of hydrogen-bond acceptors (Lipinski definition) is 3. The van der Waals surface area contributed by atoms with E-state index >= 15 is 0 Å². The molecule has 0 saturated carbocycles. The van der Waals surface area contributed by atoms with E-state index in [0.717, 1.165) is 28.4 Å². The molecule has 4 heteroatoms. The number of pyridine rings is 1. The third-order valence-corrected chi connectivity index (χ3v) is 4.61. The van der Waals surface area contributed by atoms with E-state index in [1.54, 1.807) is 0 Å². The fraction of sp³-hybridized carbons (Fsp3) is 0.333. The molecule has 2 aromatic carbocycles. The predicted molar refractivity (Wildman–Crippen MR) is 104 cm³/mol. The maximum absolute atomic E-state index is 12.8. The highest BCUT2D eigenvalue weighted by atomic mass is 16.1. The van der Waals surface area contributed by atoms with E-state index in [1.807, 2.05) is 49.4 Å². The highest BCUT2D eigenvalue weighted by Crippen LogP contribution is 2.22. The largest absolute Gasteiger partial charge is 0.348 e. The summed E-state index contributed by atoms with van der Waals surface area (Å²) in [6.45, 7) is 7.14. The molecule has 0 radical (unpaired) electrons. The first-order valence-electron chi connectivity index (χ1n) is 8.75. The minimum absolute atomic E-state index is 0.0654. The minimum Gasteiger partial charge on any atom is -0.348 e. The Morgan fingerprint density at radius 3 is 2.56 bits per heavy atom. The highest BCUT2D eigenvalue weighted by molar-refractivity contribution is 6.07. The fourth-order valence-corrected chi connectivity index (χ4v) is 2.98. The van der Waals surface area contributed by atoms with Crippen molar-refractivity contribution in [3.8, 4) is 0 Å². The normalized spacial score (nSPS) is 12.9. The van der Waals surface area contributed by atoms with Gasteiger partial charge in [0.2, 0.25) is 0 Å². The topological polar surface area (TPSA) is 45.2 Å². The van der Waals surface area contributed by atoms with Gasteiger partial charge in [-0.15, -0.1) is 0 Å². The van der Waals surface area contributed by atoms with Crippen molar-refractivity contribution in [2.75, 3.05) is 13.6 Å². The van der Waals surface area contributed by atoms with Crippen molar-refractivity contribution in [1.82, 2.24) is 15.2 Å². The summed E-state index contributed by atoms with van der Waals surface area (Å²) in [7, 11) is 2.07. The van der Waals surface area contributed by atoms with Gasteiger partial charge in [-0.2, -0.15) is 0 Å². The first-order chi connectivity index (χ1) is 12.0. The number of carbonyl (C=O) groups is 1. The number of rotatable bonds is 5. The van der Waals surface area contributed by atoms with Crippen molar-refractivity contribution < 1.29 is 4.79 Å². The summed E-state index contributed by atoms with van der Waals surface area (Å²) in [5.41, 5.74) is 2.29. The number of likely N-dealkylation sites (N-methyl/N-ethyl adjacent to an activating group) is 1. The van der Waals surface area contributed by atoms with Gasteiger partial charge in [0.15, 0.2) is 0 Å². The Bertz CT molecular complexity index is 904. The van der Waals surface area contributed by atoms with E-state index < -0.39 is 0 Å². The summed E-state index contributed by atoms with van der Waals surface area (Å²) in [5.74, 6) is -0.0713. The van der Waals surface area contributed by atoms with E-state index in [2.05, 4.69) is 37.2 Å². The summed E-state index contributed by atoms with van der Waals surface area (Å²) in [6, 6.07) is 16.3. The van der Waals surface area contributed by atoms with Crippen LogP contribution in [0.15, 0.2) is 48.5 Å². The number of carbonyl (C=O) groups excluding carboxylic acids is 1. The number of amides is 1. The van der Waals surface area contributed by atoms with Crippen LogP contribution in [0.5, 0.6) is 0 Å². The zero-order valence-corrected chi connectivity index (χ0v) is 15.3. The third kappa shape index (κ3) is 3.80. The number of para-hydroxylation sites is 2. The second-order valence-electron chi connectivity index (χ2n) is 6.97. The number of nitrogens with zero attached hydrogens (tertiary/aromatic N) is 2. The van der Waals surface area contributed by atoms with Crippen LogP contribution < -0.4 is 5.32 Å². The molecular formula is C21H25N3O. The number of fused-ring (bicyclic) bond motifs is 2. The van der Waals surface area contributed by atoms with Crippen LogP contribution in [-0.2, 0) is 0 Å². The lowest BCUT2D eigenvalue weighted by atomic mass is 10.1.